The monoisotopic (exact) mass is 379 g/mol. The first-order valence-electron chi connectivity index (χ1n) is 8.86. The number of esters is 1. The normalized spacial score (nSPS) is 11.5. The lowest BCUT2D eigenvalue weighted by Gasteiger charge is -2.12. The molecule has 0 saturated heterocycles. The quantitative estimate of drug-likeness (QED) is 0.618. The molecule has 6 nitrogen and oxygen atoms in total. The Hall–Kier alpha value is -3.54. The van der Waals surface area contributed by atoms with Gasteiger partial charge < -0.3 is 19.2 Å². The molecule has 3 rings (SSSR count). The minimum absolute atomic E-state index is 0.0154. The Kier molecular flexibility index (Phi) is 6.11. The minimum atomic E-state index is -0.970. The largest absolute Gasteiger partial charge is 0.486 e. The molecular weight excluding hydrogens is 358 g/mol. The first kappa shape index (κ1) is 19.2. The molecule has 1 heterocycles. The van der Waals surface area contributed by atoms with E-state index in [0.717, 1.165) is 5.56 Å². The standard InChI is InChI=1S/C22H21NO5/c1-15-8-10-17(11-9-15)23-21(24)16(2)27-22(25)20-13-12-19(28-20)14-26-18-6-4-3-5-7-18/h3-13,16H,14H2,1-2H3,(H,23,24)/t16-/m0/s1. The average Bonchev–Trinajstić information content (AvgIpc) is 3.18. The maximum absolute atomic E-state index is 12.2. The fraction of sp³-hybridized carbons (Fsp3) is 0.182. The minimum Gasteiger partial charge on any atom is -0.486 e. The molecule has 1 aromatic heterocycles. The lowest BCUT2D eigenvalue weighted by Crippen LogP contribution is -2.29. The molecule has 0 unspecified atom stereocenters. The highest BCUT2D eigenvalue weighted by Crippen LogP contribution is 2.15. The second-order valence-electron chi connectivity index (χ2n) is 6.27. The highest BCUT2D eigenvalue weighted by atomic mass is 16.6. The molecule has 0 fully saturated rings. The van der Waals surface area contributed by atoms with Crippen LogP contribution in [0.1, 0.15) is 28.8 Å². The van der Waals surface area contributed by atoms with Crippen LogP contribution in [0.3, 0.4) is 0 Å². The SMILES string of the molecule is Cc1ccc(NC(=O)[C@H](C)OC(=O)c2ccc(COc3ccccc3)o2)cc1. The van der Waals surface area contributed by atoms with Gasteiger partial charge in [-0.15, -0.1) is 0 Å². The van der Waals surface area contributed by atoms with Gasteiger partial charge in [0.15, 0.2) is 6.10 Å². The zero-order valence-corrected chi connectivity index (χ0v) is 15.7. The van der Waals surface area contributed by atoms with Gasteiger partial charge in [-0.2, -0.15) is 0 Å². The van der Waals surface area contributed by atoms with Gasteiger partial charge in [-0.3, -0.25) is 4.79 Å². The number of anilines is 1. The molecular formula is C22H21NO5. The molecule has 2 aromatic carbocycles. The van der Waals surface area contributed by atoms with Gasteiger partial charge in [0.2, 0.25) is 5.76 Å². The van der Waals surface area contributed by atoms with Crippen LogP contribution < -0.4 is 10.1 Å². The molecule has 3 aromatic rings. The van der Waals surface area contributed by atoms with Gasteiger partial charge in [0.1, 0.15) is 18.1 Å². The smallest absolute Gasteiger partial charge is 0.375 e. The van der Waals surface area contributed by atoms with E-state index in [0.29, 0.717) is 17.2 Å². The van der Waals surface area contributed by atoms with Crippen LogP contribution in [0.25, 0.3) is 0 Å². The van der Waals surface area contributed by atoms with Gasteiger partial charge in [-0.05, 0) is 50.2 Å². The van der Waals surface area contributed by atoms with Crippen molar-refractivity contribution in [2.45, 2.75) is 26.6 Å². The highest BCUT2D eigenvalue weighted by molar-refractivity contribution is 5.96. The first-order valence-corrected chi connectivity index (χ1v) is 8.86. The van der Waals surface area contributed by atoms with Gasteiger partial charge in [0.05, 0.1) is 0 Å². The van der Waals surface area contributed by atoms with Crippen LogP contribution in [0.4, 0.5) is 5.69 Å². The molecule has 0 spiro atoms. The molecule has 28 heavy (non-hydrogen) atoms. The van der Waals surface area contributed by atoms with E-state index in [1.165, 1.54) is 13.0 Å². The van der Waals surface area contributed by atoms with Gasteiger partial charge in [0.25, 0.3) is 5.91 Å². The molecule has 0 aliphatic heterocycles. The average molecular weight is 379 g/mol. The number of aryl methyl sites for hydroxylation is 1. The molecule has 1 amide bonds. The second kappa shape index (κ2) is 8.90. The van der Waals surface area contributed by atoms with Crippen molar-refractivity contribution < 1.29 is 23.5 Å². The van der Waals surface area contributed by atoms with Gasteiger partial charge in [-0.25, -0.2) is 4.79 Å². The number of carbonyl (C=O) groups excluding carboxylic acids is 2. The third-order valence-electron chi connectivity index (χ3n) is 3.96. The highest BCUT2D eigenvalue weighted by Gasteiger charge is 2.21. The Labute approximate surface area is 163 Å². The summed E-state index contributed by atoms with van der Waals surface area (Å²) in [7, 11) is 0. The molecule has 1 N–H and O–H groups in total. The predicted octanol–water partition coefficient (Wildman–Crippen LogP) is 4.35. The lowest BCUT2D eigenvalue weighted by atomic mass is 10.2. The van der Waals surface area contributed by atoms with Crippen LogP contribution in [0, 0.1) is 6.92 Å². The second-order valence-corrected chi connectivity index (χ2v) is 6.27. The number of carbonyl (C=O) groups is 2. The van der Waals surface area contributed by atoms with Crippen molar-refractivity contribution in [1.82, 2.24) is 0 Å². The van der Waals surface area contributed by atoms with Crippen molar-refractivity contribution in [2.24, 2.45) is 0 Å². The summed E-state index contributed by atoms with van der Waals surface area (Å²) >= 11 is 0. The van der Waals surface area contributed by atoms with Crippen molar-refractivity contribution in [1.29, 1.82) is 0 Å². The number of ether oxygens (including phenoxy) is 2. The van der Waals surface area contributed by atoms with Crippen molar-refractivity contribution >= 4 is 17.6 Å². The molecule has 0 aliphatic carbocycles. The predicted molar refractivity (Wildman–Crippen MR) is 104 cm³/mol. The summed E-state index contributed by atoms with van der Waals surface area (Å²) in [6.45, 7) is 3.64. The van der Waals surface area contributed by atoms with Crippen LogP contribution in [0.15, 0.2) is 71.1 Å². The van der Waals surface area contributed by atoms with Crippen molar-refractivity contribution in [3.8, 4) is 5.75 Å². The van der Waals surface area contributed by atoms with E-state index in [2.05, 4.69) is 5.32 Å². The molecule has 0 aliphatic rings. The summed E-state index contributed by atoms with van der Waals surface area (Å²) in [6, 6.07) is 19.7. The van der Waals surface area contributed by atoms with Crippen molar-refractivity contribution in [3.05, 3.63) is 83.8 Å². The van der Waals surface area contributed by atoms with E-state index in [1.54, 1.807) is 18.2 Å². The van der Waals surface area contributed by atoms with E-state index in [-0.39, 0.29) is 12.4 Å². The lowest BCUT2D eigenvalue weighted by molar-refractivity contribution is -0.123. The number of hydrogen-bond donors (Lipinski definition) is 1. The fourth-order valence-electron chi connectivity index (χ4n) is 2.39. The number of amides is 1. The topological polar surface area (TPSA) is 77.8 Å². The summed E-state index contributed by atoms with van der Waals surface area (Å²) in [6.07, 6.45) is -0.970. The number of hydrogen-bond acceptors (Lipinski definition) is 5. The van der Waals surface area contributed by atoms with Crippen molar-refractivity contribution in [2.75, 3.05) is 5.32 Å². The maximum atomic E-state index is 12.2. The van der Waals surface area contributed by atoms with Gasteiger partial charge in [0, 0.05) is 5.69 Å². The molecule has 6 heteroatoms. The van der Waals surface area contributed by atoms with Crippen LogP contribution in [0.2, 0.25) is 0 Å². The number of rotatable bonds is 7. The molecule has 144 valence electrons. The summed E-state index contributed by atoms with van der Waals surface area (Å²) in [5.74, 6) is 0.0625. The summed E-state index contributed by atoms with van der Waals surface area (Å²) in [5.41, 5.74) is 1.72. The Morgan fingerprint density at radius 1 is 1.00 bits per heavy atom. The van der Waals surface area contributed by atoms with E-state index in [1.807, 2.05) is 49.4 Å². The molecule has 0 bridgehead atoms. The van der Waals surface area contributed by atoms with E-state index < -0.39 is 18.0 Å². The van der Waals surface area contributed by atoms with E-state index in [9.17, 15) is 9.59 Å². The van der Waals surface area contributed by atoms with Gasteiger partial charge >= 0.3 is 5.97 Å². The van der Waals surface area contributed by atoms with Crippen LogP contribution in [-0.4, -0.2) is 18.0 Å². The van der Waals surface area contributed by atoms with Crippen LogP contribution >= 0.6 is 0 Å². The Morgan fingerprint density at radius 2 is 1.71 bits per heavy atom. The van der Waals surface area contributed by atoms with Gasteiger partial charge in [-0.1, -0.05) is 35.9 Å². The zero-order valence-electron chi connectivity index (χ0n) is 15.7. The Morgan fingerprint density at radius 3 is 2.43 bits per heavy atom. The van der Waals surface area contributed by atoms with Crippen molar-refractivity contribution in [3.63, 3.8) is 0 Å². The first-order chi connectivity index (χ1) is 13.5. The number of nitrogens with one attached hydrogen (secondary N) is 1. The van der Waals surface area contributed by atoms with Crippen LogP contribution in [0.5, 0.6) is 5.75 Å². The summed E-state index contributed by atoms with van der Waals surface area (Å²) in [4.78, 5) is 24.4. The Bertz CT molecular complexity index is 931. The van der Waals surface area contributed by atoms with Crippen LogP contribution in [-0.2, 0) is 16.1 Å². The zero-order chi connectivity index (χ0) is 19.9. The fourth-order valence-corrected chi connectivity index (χ4v) is 2.39. The molecule has 1 atom stereocenters. The third-order valence-corrected chi connectivity index (χ3v) is 3.96. The number of benzene rings is 2. The van der Waals surface area contributed by atoms with E-state index >= 15 is 0 Å². The summed E-state index contributed by atoms with van der Waals surface area (Å²) < 4.78 is 16.2. The summed E-state index contributed by atoms with van der Waals surface area (Å²) in [5, 5.41) is 2.70. The third kappa shape index (κ3) is 5.23. The molecule has 0 radical (unpaired) electrons. The maximum Gasteiger partial charge on any atom is 0.375 e. The number of para-hydroxylation sites is 1. The Balaban J connectivity index is 1.51. The molecule has 0 saturated carbocycles. The number of furan rings is 1. The van der Waals surface area contributed by atoms with E-state index in [4.69, 9.17) is 13.9 Å².